The number of hydrogen-bond donors (Lipinski definition) is 1. The van der Waals surface area contributed by atoms with Crippen LogP contribution in [0.3, 0.4) is 0 Å². The van der Waals surface area contributed by atoms with Crippen molar-refractivity contribution in [1.82, 2.24) is 14.8 Å². The molecule has 6 nitrogen and oxygen atoms in total. The highest BCUT2D eigenvalue weighted by atomic mass is 19.1. The predicted octanol–water partition coefficient (Wildman–Crippen LogP) is 3.43. The van der Waals surface area contributed by atoms with Gasteiger partial charge in [-0.15, -0.1) is 0 Å². The van der Waals surface area contributed by atoms with Crippen molar-refractivity contribution in [2.75, 3.05) is 5.32 Å². The van der Waals surface area contributed by atoms with Gasteiger partial charge >= 0.3 is 0 Å². The van der Waals surface area contributed by atoms with Crippen molar-refractivity contribution < 1.29 is 13.6 Å². The van der Waals surface area contributed by atoms with E-state index in [1.807, 2.05) is 12.1 Å². The number of hydrogen-bond acceptors (Lipinski definition) is 5. The van der Waals surface area contributed by atoms with E-state index in [0.717, 1.165) is 11.5 Å². The maximum atomic E-state index is 14.5. The summed E-state index contributed by atoms with van der Waals surface area (Å²) in [6.07, 6.45) is 3.94. The standard InChI is InChI=1S/C19H15FN4O2/c20-13-5-2-1-4-12(13)18-17-14(23-19-21-10-22-24(18)19)8-11(9-15(17)25)16-6-3-7-26-16/h1-7,10-11,18H,8-9H2,(H,21,22,23)/t11-,18-/m0/s1. The molecule has 0 radical (unpaired) electrons. The van der Waals surface area contributed by atoms with Crippen LogP contribution >= 0.6 is 0 Å². The second-order valence-corrected chi connectivity index (χ2v) is 6.51. The Morgan fingerprint density at radius 1 is 1.19 bits per heavy atom. The Balaban J connectivity index is 1.65. The first kappa shape index (κ1) is 15.1. The minimum absolute atomic E-state index is 0.0328. The molecule has 2 aromatic heterocycles. The van der Waals surface area contributed by atoms with Crippen LogP contribution in [0.2, 0.25) is 0 Å². The lowest BCUT2D eigenvalue weighted by atomic mass is 9.79. The number of fused-ring (bicyclic) bond motifs is 1. The van der Waals surface area contributed by atoms with Crippen molar-refractivity contribution in [3.63, 3.8) is 0 Å². The van der Waals surface area contributed by atoms with Crippen molar-refractivity contribution >= 4 is 11.7 Å². The lowest BCUT2D eigenvalue weighted by Gasteiger charge is -2.34. The molecule has 3 aromatic rings. The molecular formula is C19H15FN4O2. The number of anilines is 1. The minimum atomic E-state index is -0.616. The third-order valence-electron chi connectivity index (χ3n) is 5.01. The molecule has 2 aliphatic rings. The maximum absolute atomic E-state index is 14.5. The van der Waals surface area contributed by atoms with Crippen LogP contribution in [-0.2, 0) is 4.79 Å². The summed E-state index contributed by atoms with van der Waals surface area (Å²) >= 11 is 0. The van der Waals surface area contributed by atoms with Crippen LogP contribution in [-0.4, -0.2) is 20.5 Å². The first-order chi connectivity index (χ1) is 12.7. The first-order valence-corrected chi connectivity index (χ1v) is 8.43. The summed E-state index contributed by atoms with van der Waals surface area (Å²) in [7, 11) is 0. The molecule has 0 spiro atoms. The van der Waals surface area contributed by atoms with Crippen LogP contribution < -0.4 is 5.32 Å². The molecule has 1 aromatic carbocycles. The Morgan fingerprint density at radius 3 is 2.88 bits per heavy atom. The number of carbonyl (C=O) groups is 1. The van der Waals surface area contributed by atoms with Gasteiger partial charge in [-0.05, 0) is 24.6 Å². The number of allylic oxidation sites excluding steroid dienone is 2. The molecule has 2 atom stereocenters. The van der Waals surface area contributed by atoms with Crippen LogP contribution in [0.25, 0.3) is 0 Å². The lowest BCUT2D eigenvalue weighted by Crippen LogP contribution is -2.33. The number of Topliss-reactive ketones (excluding diaryl/α,β-unsaturated/α-hetero) is 1. The highest BCUT2D eigenvalue weighted by molar-refractivity contribution is 6.00. The maximum Gasteiger partial charge on any atom is 0.226 e. The average molecular weight is 350 g/mol. The Bertz CT molecular complexity index is 1020. The van der Waals surface area contributed by atoms with E-state index in [1.54, 1.807) is 29.1 Å². The van der Waals surface area contributed by atoms with Crippen LogP contribution in [0, 0.1) is 5.82 Å². The summed E-state index contributed by atoms with van der Waals surface area (Å²) < 4.78 is 21.6. The van der Waals surface area contributed by atoms with Gasteiger partial charge in [-0.2, -0.15) is 10.1 Å². The number of nitrogens with one attached hydrogen (secondary N) is 1. The van der Waals surface area contributed by atoms with E-state index in [1.165, 1.54) is 12.4 Å². The third-order valence-corrected chi connectivity index (χ3v) is 5.01. The molecule has 7 heteroatoms. The Hall–Kier alpha value is -3.22. The summed E-state index contributed by atoms with van der Waals surface area (Å²) in [5.74, 6) is 0.841. The third kappa shape index (κ3) is 2.20. The molecule has 130 valence electrons. The van der Waals surface area contributed by atoms with E-state index in [2.05, 4.69) is 15.4 Å². The van der Waals surface area contributed by atoms with Crippen molar-refractivity contribution in [1.29, 1.82) is 0 Å². The fourth-order valence-electron chi connectivity index (χ4n) is 3.86. The lowest BCUT2D eigenvalue weighted by molar-refractivity contribution is -0.117. The minimum Gasteiger partial charge on any atom is -0.469 e. The van der Waals surface area contributed by atoms with Gasteiger partial charge in [-0.1, -0.05) is 18.2 Å². The van der Waals surface area contributed by atoms with Crippen molar-refractivity contribution in [3.05, 3.63) is 77.4 Å². The molecular weight excluding hydrogens is 335 g/mol. The first-order valence-electron chi connectivity index (χ1n) is 8.43. The number of nitrogens with zero attached hydrogens (tertiary/aromatic N) is 3. The summed E-state index contributed by atoms with van der Waals surface area (Å²) in [4.78, 5) is 17.3. The molecule has 1 aliphatic heterocycles. The Morgan fingerprint density at radius 2 is 2.08 bits per heavy atom. The van der Waals surface area contributed by atoms with Gasteiger partial charge < -0.3 is 9.73 Å². The van der Waals surface area contributed by atoms with Gasteiger partial charge in [0.1, 0.15) is 23.9 Å². The van der Waals surface area contributed by atoms with Crippen molar-refractivity contribution in [2.24, 2.45) is 0 Å². The van der Waals surface area contributed by atoms with Gasteiger partial charge in [-0.3, -0.25) is 4.79 Å². The van der Waals surface area contributed by atoms with Gasteiger partial charge in [0.25, 0.3) is 0 Å². The number of halogens is 1. The molecule has 0 saturated heterocycles. The van der Waals surface area contributed by atoms with Crippen LogP contribution in [0.5, 0.6) is 0 Å². The van der Waals surface area contributed by atoms with Crippen LogP contribution in [0.15, 0.2) is 64.7 Å². The van der Waals surface area contributed by atoms with E-state index in [4.69, 9.17) is 4.42 Å². The highest BCUT2D eigenvalue weighted by Crippen LogP contribution is 2.44. The van der Waals surface area contributed by atoms with Gasteiger partial charge in [0.05, 0.1) is 6.26 Å². The monoisotopic (exact) mass is 350 g/mol. The van der Waals surface area contributed by atoms with Crippen LogP contribution in [0.4, 0.5) is 10.3 Å². The quantitative estimate of drug-likeness (QED) is 0.767. The van der Waals surface area contributed by atoms with E-state index in [-0.39, 0.29) is 17.5 Å². The predicted molar refractivity (Wildman–Crippen MR) is 90.9 cm³/mol. The zero-order valence-electron chi connectivity index (χ0n) is 13.7. The fraction of sp³-hybridized carbons (Fsp3) is 0.211. The highest BCUT2D eigenvalue weighted by Gasteiger charge is 2.40. The molecule has 0 bridgehead atoms. The zero-order chi connectivity index (χ0) is 17.7. The second kappa shape index (κ2) is 5.66. The van der Waals surface area contributed by atoms with E-state index in [9.17, 15) is 9.18 Å². The topological polar surface area (TPSA) is 73.0 Å². The zero-order valence-corrected chi connectivity index (χ0v) is 13.7. The summed E-state index contributed by atoms with van der Waals surface area (Å²) in [5, 5.41) is 7.43. The molecule has 5 rings (SSSR count). The molecule has 0 saturated carbocycles. The average Bonchev–Trinajstić information content (AvgIpc) is 3.32. The summed E-state index contributed by atoms with van der Waals surface area (Å²) in [6, 6.07) is 9.55. The van der Waals surface area contributed by atoms with Crippen molar-refractivity contribution in [3.8, 4) is 0 Å². The summed E-state index contributed by atoms with van der Waals surface area (Å²) in [5.41, 5.74) is 1.73. The van der Waals surface area contributed by atoms with Crippen LogP contribution in [0.1, 0.15) is 36.1 Å². The molecule has 1 N–H and O–H groups in total. The van der Waals surface area contributed by atoms with Gasteiger partial charge in [0.15, 0.2) is 5.78 Å². The van der Waals surface area contributed by atoms with Gasteiger partial charge in [-0.25, -0.2) is 9.07 Å². The molecule has 0 amide bonds. The van der Waals surface area contributed by atoms with Gasteiger partial charge in [0.2, 0.25) is 5.95 Å². The van der Waals surface area contributed by atoms with E-state index in [0.29, 0.717) is 29.9 Å². The Labute approximate surface area is 148 Å². The number of benzene rings is 1. The van der Waals surface area contributed by atoms with E-state index < -0.39 is 6.04 Å². The van der Waals surface area contributed by atoms with E-state index >= 15 is 0 Å². The number of ketones is 1. The Kier molecular flexibility index (Phi) is 3.28. The summed E-state index contributed by atoms with van der Waals surface area (Å²) in [6.45, 7) is 0. The fourth-order valence-corrected chi connectivity index (χ4v) is 3.86. The number of aromatic nitrogens is 3. The molecule has 1 aliphatic carbocycles. The molecule has 3 heterocycles. The second-order valence-electron chi connectivity index (χ2n) is 6.51. The van der Waals surface area contributed by atoms with Gasteiger partial charge in [0, 0.05) is 29.2 Å². The number of rotatable bonds is 2. The number of furan rings is 1. The molecule has 0 fully saturated rings. The normalized spacial score (nSPS) is 22.0. The largest absolute Gasteiger partial charge is 0.469 e. The smallest absolute Gasteiger partial charge is 0.226 e. The number of carbonyl (C=O) groups excluding carboxylic acids is 1. The van der Waals surface area contributed by atoms with Crippen molar-refractivity contribution in [2.45, 2.75) is 24.8 Å². The molecule has 26 heavy (non-hydrogen) atoms. The SMILES string of the molecule is O=C1C[C@@H](c2ccco2)CC2=C1[C@H](c1ccccc1F)n1ncnc1N2. The molecule has 0 unspecified atom stereocenters.